The molecule has 0 aliphatic heterocycles. The van der Waals surface area contributed by atoms with Crippen molar-refractivity contribution in [2.45, 2.75) is 0 Å². The summed E-state index contributed by atoms with van der Waals surface area (Å²) in [6.07, 6.45) is 0. The first-order valence-corrected chi connectivity index (χ1v) is 32.9. The smallest absolute Gasteiger partial charge is 0.143 e. The van der Waals surface area contributed by atoms with Crippen LogP contribution in [-0.2, 0) is 0 Å². The monoisotopic (exact) mass is 1320 g/mol. The van der Waals surface area contributed by atoms with Gasteiger partial charge in [-0.05, 0) is 180 Å². The highest BCUT2D eigenvalue weighted by Crippen LogP contribution is 2.50. The van der Waals surface area contributed by atoms with Gasteiger partial charge in [0.2, 0.25) is 0 Å². The first-order valence-electron chi connectivity index (χ1n) is 45.9. The van der Waals surface area contributed by atoms with Crippen LogP contribution in [0.1, 0.15) is 35.6 Å². The molecule has 2 heteroatoms. The fourth-order valence-corrected chi connectivity index (χ4v) is 14.3. The zero-order chi connectivity index (χ0) is 90.1. The van der Waals surface area contributed by atoms with Crippen molar-refractivity contribution < 1.29 is 44.5 Å². The van der Waals surface area contributed by atoms with E-state index < -0.39 is 168 Å². The highest BCUT2D eigenvalue weighted by molar-refractivity contribution is 6.25. The lowest BCUT2D eigenvalue weighted by Crippen LogP contribution is -1.90. The SMILES string of the molecule is [2H]c1c([2H])c([2H])c(-c2c3c([2H])c([2H])c([2H])c([2H])c3c(-c3ccc4oc5c(-c6ccccc6)c(-c6ccc(-c7ccccc7)cc6)ccc5c4c3)c3c([2H])c([2H])c([2H])c([2H])c23)c([2H])c1[2H].[2H]c1c([2H])c([2H])c(-c2c3c([2H])c([2H])c([2H])c([2H])c3c(-c3ccc4oc5c(-c6ccccc6)ccc(-c6ccc(-c7ccccc7)cc6)c5c4c3)c3c([2H])c([2H])c([2H])c([2H])c23)c([2H])c1[2H]. The molecule has 0 spiro atoms. The summed E-state index contributed by atoms with van der Waals surface area (Å²) in [5.41, 5.74) is 12.6. The fraction of sp³-hybridized carbons (Fsp3) is 0. The summed E-state index contributed by atoms with van der Waals surface area (Å²) >= 11 is 0. The summed E-state index contributed by atoms with van der Waals surface area (Å²) in [6.45, 7) is 0. The van der Waals surface area contributed by atoms with Crippen LogP contribution in [-0.4, -0.2) is 0 Å². The Morgan fingerprint density at radius 3 is 0.922 bits per heavy atom. The van der Waals surface area contributed by atoms with Crippen LogP contribution < -0.4 is 0 Å². The van der Waals surface area contributed by atoms with Gasteiger partial charge in [0, 0.05) is 32.7 Å². The maximum Gasteiger partial charge on any atom is 0.143 e. The van der Waals surface area contributed by atoms with Crippen LogP contribution in [0.25, 0.3) is 198 Å². The highest BCUT2D eigenvalue weighted by Gasteiger charge is 2.24. The van der Waals surface area contributed by atoms with Crippen molar-refractivity contribution in [3.63, 3.8) is 0 Å². The quantitative estimate of drug-likeness (QED) is 0.128. The molecular formula is C100H64O2. The molecule has 18 aromatic carbocycles. The van der Waals surface area contributed by atoms with Gasteiger partial charge >= 0.3 is 0 Å². The maximum atomic E-state index is 9.41. The predicted octanol–water partition coefficient (Wildman–Crippen LogP) is 28.5. The van der Waals surface area contributed by atoms with E-state index in [4.69, 9.17) is 33.5 Å². The molecule has 0 saturated heterocycles. The first kappa shape index (κ1) is 38.7. The van der Waals surface area contributed by atoms with Gasteiger partial charge in [-0.15, -0.1) is 0 Å². The van der Waals surface area contributed by atoms with Gasteiger partial charge in [-0.25, -0.2) is 0 Å². The molecule has 476 valence electrons. The Labute approximate surface area is 628 Å². The molecule has 20 rings (SSSR count). The molecule has 0 aliphatic carbocycles. The van der Waals surface area contributed by atoms with Crippen molar-refractivity contribution in [1.82, 2.24) is 0 Å². The van der Waals surface area contributed by atoms with E-state index in [9.17, 15) is 11.0 Å². The summed E-state index contributed by atoms with van der Waals surface area (Å²) in [7, 11) is 0. The fourth-order valence-electron chi connectivity index (χ4n) is 14.3. The van der Waals surface area contributed by atoms with Crippen molar-refractivity contribution in [3.05, 3.63) is 388 Å². The molecule has 0 radical (unpaired) electrons. The molecule has 2 aromatic heterocycles. The molecule has 0 amide bonds. The number of hydrogen-bond donors (Lipinski definition) is 0. The van der Waals surface area contributed by atoms with Crippen molar-refractivity contribution in [3.8, 4) is 111 Å². The summed E-state index contributed by atoms with van der Waals surface area (Å²) in [6, 6.07) is 57.6. The zero-order valence-corrected chi connectivity index (χ0v) is 53.8. The third kappa shape index (κ3) is 10.4. The van der Waals surface area contributed by atoms with Crippen molar-refractivity contribution >= 4 is 87.0 Å². The lowest BCUT2D eigenvalue weighted by Gasteiger charge is -2.17. The van der Waals surface area contributed by atoms with Gasteiger partial charge < -0.3 is 8.83 Å². The topological polar surface area (TPSA) is 26.3 Å². The summed E-state index contributed by atoms with van der Waals surface area (Å²) < 4.78 is 245. The van der Waals surface area contributed by atoms with Crippen LogP contribution in [0.5, 0.6) is 0 Å². The minimum Gasteiger partial charge on any atom is -0.455 e. The van der Waals surface area contributed by atoms with Crippen molar-refractivity contribution in [2.75, 3.05) is 0 Å². The molecule has 2 heterocycles. The van der Waals surface area contributed by atoms with E-state index >= 15 is 0 Å². The Bertz CT molecular complexity index is 7990. The van der Waals surface area contributed by atoms with Crippen LogP contribution in [0.2, 0.25) is 0 Å². The van der Waals surface area contributed by atoms with Crippen LogP contribution in [0.3, 0.4) is 0 Å². The molecule has 0 fully saturated rings. The van der Waals surface area contributed by atoms with Gasteiger partial charge in [0.25, 0.3) is 0 Å². The van der Waals surface area contributed by atoms with Gasteiger partial charge in [0.05, 0.1) is 35.6 Å². The average molecular weight is 1320 g/mol. The summed E-state index contributed by atoms with van der Waals surface area (Å²) in [4.78, 5) is 0. The Balaban J connectivity index is 0.000000167. The second-order valence-electron chi connectivity index (χ2n) is 24.5. The number of hydrogen-bond acceptors (Lipinski definition) is 2. The van der Waals surface area contributed by atoms with E-state index in [-0.39, 0.29) is 65.3 Å². The minimum absolute atomic E-state index is 0.0457. The third-order valence-corrected chi connectivity index (χ3v) is 18.8. The van der Waals surface area contributed by atoms with Crippen molar-refractivity contribution in [1.29, 1.82) is 0 Å². The largest absolute Gasteiger partial charge is 0.455 e. The van der Waals surface area contributed by atoms with Crippen LogP contribution in [0, 0.1) is 0 Å². The lowest BCUT2D eigenvalue weighted by atomic mass is 9.85. The third-order valence-electron chi connectivity index (χ3n) is 18.8. The number of rotatable bonds is 10. The minimum atomic E-state index is -0.722. The molecule has 0 atom stereocenters. The second-order valence-corrected chi connectivity index (χ2v) is 24.5. The van der Waals surface area contributed by atoms with Crippen LogP contribution >= 0.6 is 0 Å². The second kappa shape index (κ2) is 25.5. The molecule has 102 heavy (non-hydrogen) atoms. The van der Waals surface area contributed by atoms with E-state index in [2.05, 4.69) is 36.4 Å². The Morgan fingerprint density at radius 1 is 0.176 bits per heavy atom. The highest BCUT2D eigenvalue weighted by atomic mass is 16.3. The first-order chi connectivity index (χ1) is 61.4. The van der Waals surface area contributed by atoms with Crippen molar-refractivity contribution in [2.24, 2.45) is 0 Å². The lowest BCUT2D eigenvalue weighted by molar-refractivity contribution is 0.670. The van der Waals surface area contributed by atoms with E-state index in [0.717, 1.165) is 72.1 Å². The normalized spacial score (nSPS) is 15.1. The molecular weight excluding hydrogens is 1230 g/mol. The van der Waals surface area contributed by atoms with Gasteiger partial charge in [0.15, 0.2) is 0 Å². The number of fused-ring (bicyclic) bond motifs is 10. The van der Waals surface area contributed by atoms with Gasteiger partial charge in [-0.1, -0.05) is 351 Å². The summed E-state index contributed by atoms with van der Waals surface area (Å²) in [5, 5.41) is 1.03. The average Bonchev–Trinajstić information content (AvgIpc) is 0.722. The Kier molecular flexibility index (Phi) is 9.66. The van der Waals surface area contributed by atoms with E-state index in [0.29, 0.717) is 49.6 Å². The van der Waals surface area contributed by atoms with Crippen LogP contribution in [0.15, 0.2) is 396 Å². The standard InChI is InChI=1S/2C50H32O/c1-4-14-33(15-5-1)34-24-26-35(27-25-34)39-29-30-44-45-32-38(28-31-46(45)51-50(44)49(39)37-18-8-3-9-19-37)48-42-22-12-10-20-40(42)47(36-16-6-2-7-17-36)41-21-11-13-23-43(41)48;1-4-14-33(15-5-1)34-24-26-36(27-25-34)39-29-30-40(35-16-6-2-7-17-35)50-49(39)45-32-38(28-31-46(45)51-50)48-43-22-12-10-20-41(43)47(37-18-8-3-9-19-37)42-21-11-13-23-44(42)48/h2*1-32H/i2D,6D,7D,10D,11D,12D,13D,16D,17D,20D,21D,22D,23D;3D,8D,9D,10D,11D,12D,13D,18D,19D,20D,21D,22D,23D. The maximum absolute atomic E-state index is 9.41. The number of benzene rings is 18. The van der Waals surface area contributed by atoms with Crippen LogP contribution in [0.4, 0.5) is 0 Å². The molecule has 0 saturated carbocycles. The molecule has 0 unspecified atom stereocenters. The molecule has 0 bridgehead atoms. The van der Waals surface area contributed by atoms with Gasteiger partial charge in [0.1, 0.15) is 22.3 Å². The molecule has 0 N–H and O–H groups in total. The predicted molar refractivity (Wildman–Crippen MR) is 432 cm³/mol. The van der Waals surface area contributed by atoms with E-state index in [1.165, 1.54) is 0 Å². The number of furan rings is 2. The summed E-state index contributed by atoms with van der Waals surface area (Å²) in [5.74, 6) is 0. The molecule has 2 nitrogen and oxygen atoms in total. The molecule has 20 aromatic rings. The Morgan fingerprint density at radius 2 is 0.480 bits per heavy atom. The van der Waals surface area contributed by atoms with Gasteiger partial charge in [-0.3, -0.25) is 0 Å². The van der Waals surface area contributed by atoms with E-state index in [1.807, 2.05) is 158 Å². The van der Waals surface area contributed by atoms with Gasteiger partial charge in [-0.2, -0.15) is 0 Å². The molecule has 0 aliphatic rings. The zero-order valence-electron chi connectivity index (χ0n) is 79.8. The Hall–Kier alpha value is -13.4. The van der Waals surface area contributed by atoms with E-state index in [1.54, 1.807) is 36.4 Å².